The maximum absolute atomic E-state index is 14.3. The van der Waals surface area contributed by atoms with E-state index in [4.69, 9.17) is 9.47 Å². The fourth-order valence-electron chi connectivity index (χ4n) is 3.13. The van der Waals surface area contributed by atoms with Crippen LogP contribution in [0.2, 0.25) is 0 Å². The van der Waals surface area contributed by atoms with E-state index in [0.717, 1.165) is 11.1 Å². The molecule has 152 valence electrons. The Morgan fingerprint density at radius 3 is 2.53 bits per heavy atom. The first-order valence-corrected chi connectivity index (χ1v) is 9.30. The van der Waals surface area contributed by atoms with Gasteiger partial charge in [-0.2, -0.15) is 0 Å². The standard InChI is InChI=1S/C23H19FN2O4/c1-13-4-3-5-17(14(13)2)23(28)26-19-11-16(7-8-18(19)24)25-22(27)15-6-9-20-21(10-15)30-12-29-20/h3-11H,12H2,1-2H3,(H,25,27)(H,26,28). The molecule has 2 N–H and O–H groups in total. The summed E-state index contributed by atoms with van der Waals surface area (Å²) in [7, 11) is 0. The van der Waals surface area contributed by atoms with Gasteiger partial charge in [-0.15, -0.1) is 0 Å². The molecule has 0 saturated heterocycles. The van der Waals surface area contributed by atoms with Gasteiger partial charge in [0.1, 0.15) is 5.82 Å². The lowest BCUT2D eigenvalue weighted by atomic mass is 10.0. The number of hydrogen-bond donors (Lipinski definition) is 2. The molecule has 30 heavy (non-hydrogen) atoms. The molecule has 3 aromatic carbocycles. The van der Waals surface area contributed by atoms with Crippen LogP contribution in [0, 0.1) is 19.7 Å². The highest BCUT2D eigenvalue weighted by atomic mass is 19.1. The van der Waals surface area contributed by atoms with Gasteiger partial charge in [0.25, 0.3) is 11.8 Å². The zero-order chi connectivity index (χ0) is 21.3. The normalized spacial score (nSPS) is 11.8. The van der Waals surface area contributed by atoms with Crippen LogP contribution < -0.4 is 20.1 Å². The highest BCUT2D eigenvalue weighted by Gasteiger charge is 2.17. The summed E-state index contributed by atoms with van der Waals surface area (Å²) in [5, 5.41) is 5.28. The highest BCUT2D eigenvalue weighted by molar-refractivity contribution is 6.07. The molecule has 1 heterocycles. The lowest BCUT2D eigenvalue weighted by Crippen LogP contribution is -2.16. The third-order valence-corrected chi connectivity index (χ3v) is 4.96. The first-order valence-electron chi connectivity index (χ1n) is 9.30. The number of rotatable bonds is 4. The molecule has 1 aliphatic heterocycles. The summed E-state index contributed by atoms with van der Waals surface area (Å²) in [6.45, 7) is 3.85. The quantitative estimate of drug-likeness (QED) is 0.660. The Kier molecular flexibility index (Phi) is 5.10. The smallest absolute Gasteiger partial charge is 0.256 e. The molecule has 0 unspecified atom stereocenters. The van der Waals surface area contributed by atoms with Gasteiger partial charge in [-0.05, 0) is 67.4 Å². The molecule has 2 amide bonds. The zero-order valence-corrected chi connectivity index (χ0v) is 16.4. The van der Waals surface area contributed by atoms with Gasteiger partial charge < -0.3 is 20.1 Å². The second-order valence-corrected chi connectivity index (χ2v) is 6.92. The number of amides is 2. The van der Waals surface area contributed by atoms with Crippen molar-refractivity contribution < 1.29 is 23.5 Å². The van der Waals surface area contributed by atoms with Crippen LogP contribution in [0.15, 0.2) is 54.6 Å². The highest BCUT2D eigenvalue weighted by Crippen LogP contribution is 2.32. The molecule has 0 spiro atoms. The van der Waals surface area contributed by atoms with E-state index in [1.165, 1.54) is 18.2 Å². The number of aryl methyl sites for hydroxylation is 1. The van der Waals surface area contributed by atoms with E-state index in [1.807, 2.05) is 19.9 Å². The molecule has 0 atom stereocenters. The number of benzene rings is 3. The van der Waals surface area contributed by atoms with Crippen molar-refractivity contribution in [2.45, 2.75) is 13.8 Å². The predicted octanol–water partition coefficient (Wildman–Crippen LogP) is 4.68. The first-order chi connectivity index (χ1) is 14.4. The lowest BCUT2D eigenvalue weighted by Gasteiger charge is -2.12. The Balaban J connectivity index is 1.52. The molecule has 0 fully saturated rings. The number of anilines is 2. The largest absolute Gasteiger partial charge is 0.454 e. The van der Waals surface area contributed by atoms with Crippen LogP contribution in [-0.2, 0) is 0 Å². The molecule has 0 aromatic heterocycles. The SMILES string of the molecule is Cc1cccc(C(=O)Nc2cc(NC(=O)c3ccc4c(c3)OCO4)ccc2F)c1C. The molecular formula is C23H19FN2O4. The summed E-state index contributed by atoms with van der Waals surface area (Å²) in [6, 6.07) is 14.2. The summed E-state index contributed by atoms with van der Waals surface area (Å²) in [6.07, 6.45) is 0. The van der Waals surface area contributed by atoms with E-state index in [-0.39, 0.29) is 12.5 Å². The molecular weight excluding hydrogens is 387 g/mol. The van der Waals surface area contributed by atoms with Crippen LogP contribution in [0.5, 0.6) is 11.5 Å². The van der Waals surface area contributed by atoms with Crippen LogP contribution in [-0.4, -0.2) is 18.6 Å². The Labute approximate surface area is 172 Å². The molecule has 0 saturated carbocycles. The molecule has 1 aliphatic rings. The molecule has 6 nitrogen and oxygen atoms in total. The van der Waals surface area contributed by atoms with Gasteiger partial charge in [0.15, 0.2) is 11.5 Å². The van der Waals surface area contributed by atoms with Gasteiger partial charge in [0.2, 0.25) is 6.79 Å². The number of carbonyl (C=O) groups excluding carboxylic acids is 2. The number of hydrogen-bond acceptors (Lipinski definition) is 4. The third kappa shape index (κ3) is 3.82. The van der Waals surface area contributed by atoms with Crippen molar-refractivity contribution in [1.29, 1.82) is 0 Å². The fraction of sp³-hybridized carbons (Fsp3) is 0.130. The second-order valence-electron chi connectivity index (χ2n) is 6.92. The summed E-state index contributed by atoms with van der Waals surface area (Å²) in [5.74, 6) is -0.358. The number of nitrogens with one attached hydrogen (secondary N) is 2. The minimum absolute atomic E-state index is 0.0237. The molecule has 4 rings (SSSR count). The van der Waals surface area contributed by atoms with Gasteiger partial charge in [-0.3, -0.25) is 9.59 Å². The van der Waals surface area contributed by atoms with E-state index in [2.05, 4.69) is 10.6 Å². The van der Waals surface area contributed by atoms with Gasteiger partial charge in [-0.25, -0.2) is 4.39 Å². The van der Waals surface area contributed by atoms with Gasteiger partial charge in [0.05, 0.1) is 5.69 Å². The number of fused-ring (bicyclic) bond motifs is 1. The van der Waals surface area contributed by atoms with E-state index in [1.54, 1.807) is 30.3 Å². The Bertz CT molecular complexity index is 1160. The molecule has 0 radical (unpaired) electrons. The van der Waals surface area contributed by atoms with Crippen LogP contribution in [0.3, 0.4) is 0 Å². The van der Waals surface area contributed by atoms with Crippen LogP contribution in [0.4, 0.5) is 15.8 Å². The van der Waals surface area contributed by atoms with E-state index < -0.39 is 17.6 Å². The minimum Gasteiger partial charge on any atom is -0.454 e. The van der Waals surface area contributed by atoms with Crippen molar-refractivity contribution in [2.24, 2.45) is 0 Å². The zero-order valence-electron chi connectivity index (χ0n) is 16.4. The fourth-order valence-corrected chi connectivity index (χ4v) is 3.13. The number of ether oxygens (including phenoxy) is 2. The molecule has 3 aromatic rings. The van der Waals surface area contributed by atoms with Gasteiger partial charge >= 0.3 is 0 Å². The Morgan fingerprint density at radius 1 is 0.900 bits per heavy atom. The van der Waals surface area contributed by atoms with E-state index in [0.29, 0.717) is 28.3 Å². The summed E-state index contributed by atoms with van der Waals surface area (Å²) >= 11 is 0. The van der Waals surface area contributed by atoms with Crippen LogP contribution in [0.25, 0.3) is 0 Å². The second kappa shape index (κ2) is 7.87. The van der Waals surface area contributed by atoms with E-state index >= 15 is 0 Å². The van der Waals surface area contributed by atoms with Crippen molar-refractivity contribution in [3.8, 4) is 11.5 Å². The first kappa shape index (κ1) is 19.4. The topological polar surface area (TPSA) is 76.7 Å². The Hall–Kier alpha value is -3.87. The molecule has 0 aliphatic carbocycles. The average molecular weight is 406 g/mol. The summed E-state index contributed by atoms with van der Waals surface area (Å²) < 4.78 is 24.8. The van der Waals surface area contributed by atoms with Crippen LogP contribution in [0.1, 0.15) is 31.8 Å². The van der Waals surface area contributed by atoms with Crippen molar-refractivity contribution in [1.82, 2.24) is 0 Å². The minimum atomic E-state index is -0.602. The van der Waals surface area contributed by atoms with Crippen molar-refractivity contribution in [3.05, 3.63) is 82.7 Å². The van der Waals surface area contributed by atoms with Crippen molar-refractivity contribution >= 4 is 23.2 Å². The number of halogens is 1. The van der Waals surface area contributed by atoms with Gasteiger partial charge in [0, 0.05) is 16.8 Å². The monoisotopic (exact) mass is 406 g/mol. The summed E-state index contributed by atoms with van der Waals surface area (Å²) in [4.78, 5) is 25.2. The summed E-state index contributed by atoms with van der Waals surface area (Å²) in [5.41, 5.74) is 2.93. The van der Waals surface area contributed by atoms with Crippen molar-refractivity contribution in [3.63, 3.8) is 0 Å². The maximum atomic E-state index is 14.3. The average Bonchev–Trinajstić information content (AvgIpc) is 3.20. The third-order valence-electron chi connectivity index (χ3n) is 4.96. The molecule has 0 bridgehead atoms. The number of carbonyl (C=O) groups is 2. The van der Waals surface area contributed by atoms with E-state index in [9.17, 15) is 14.0 Å². The van der Waals surface area contributed by atoms with Crippen LogP contribution >= 0.6 is 0 Å². The van der Waals surface area contributed by atoms with Gasteiger partial charge in [-0.1, -0.05) is 12.1 Å². The maximum Gasteiger partial charge on any atom is 0.256 e. The molecule has 7 heteroatoms. The Morgan fingerprint density at radius 2 is 1.70 bits per heavy atom. The van der Waals surface area contributed by atoms with Crippen molar-refractivity contribution in [2.75, 3.05) is 17.4 Å². The predicted molar refractivity (Wildman–Crippen MR) is 111 cm³/mol. The lowest BCUT2D eigenvalue weighted by molar-refractivity contribution is 0.101.